The van der Waals surface area contributed by atoms with Crippen LogP contribution in [0.3, 0.4) is 0 Å². The number of carbonyl (C=O) groups is 2. The molecule has 0 radical (unpaired) electrons. The summed E-state index contributed by atoms with van der Waals surface area (Å²) in [6.45, 7) is 4.72. The summed E-state index contributed by atoms with van der Waals surface area (Å²) in [6.07, 6.45) is 1.45. The van der Waals surface area contributed by atoms with E-state index in [0.717, 1.165) is 18.7 Å². The average Bonchev–Trinajstić information content (AvgIpc) is 2.37. The van der Waals surface area contributed by atoms with Crippen molar-refractivity contribution >= 4 is 17.6 Å². The van der Waals surface area contributed by atoms with Crippen molar-refractivity contribution in [3.63, 3.8) is 0 Å². The lowest BCUT2D eigenvalue weighted by Crippen LogP contribution is -2.40. The summed E-state index contributed by atoms with van der Waals surface area (Å²) < 4.78 is 0. The monoisotopic (exact) mass is 277 g/mol. The molecule has 0 saturated carbocycles. The highest BCUT2D eigenvalue weighted by molar-refractivity contribution is 5.99. The Bertz CT molecular complexity index is 557. The Morgan fingerprint density at radius 1 is 1.45 bits per heavy atom. The van der Waals surface area contributed by atoms with E-state index in [4.69, 9.17) is 10.8 Å². The highest BCUT2D eigenvalue weighted by atomic mass is 16.4. The SMILES string of the molecule is Cc1cc(N2CCCC(C(=O)O)C2)c(C(N)=O)c(C)n1. The van der Waals surface area contributed by atoms with Gasteiger partial charge < -0.3 is 15.7 Å². The number of aryl methyl sites for hydroxylation is 2. The molecule has 6 heteroatoms. The molecule has 1 aromatic rings. The van der Waals surface area contributed by atoms with Gasteiger partial charge in [-0.3, -0.25) is 14.6 Å². The van der Waals surface area contributed by atoms with E-state index in [1.807, 2.05) is 11.8 Å². The number of nitrogens with zero attached hydrogens (tertiary/aromatic N) is 2. The summed E-state index contributed by atoms with van der Waals surface area (Å²) in [5, 5.41) is 9.16. The second-order valence-electron chi connectivity index (χ2n) is 5.23. The molecule has 0 aromatic carbocycles. The Balaban J connectivity index is 2.41. The van der Waals surface area contributed by atoms with Crippen LogP contribution in [0.1, 0.15) is 34.6 Å². The predicted molar refractivity (Wildman–Crippen MR) is 74.8 cm³/mol. The minimum absolute atomic E-state index is 0.390. The van der Waals surface area contributed by atoms with Crippen LogP contribution >= 0.6 is 0 Å². The van der Waals surface area contributed by atoms with Crippen LogP contribution in [0.2, 0.25) is 0 Å². The maximum Gasteiger partial charge on any atom is 0.308 e. The van der Waals surface area contributed by atoms with Gasteiger partial charge in [0.2, 0.25) is 0 Å². The van der Waals surface area contributed by atoms with Crippen LogP contribution in [0, 0.1) is 19.8 Å². The molecular formula is C14H19N3O3. The molecule has 6 nitrogen and oxygen atoms in total. The molecule has 2 heterocycles. The molecule has 20 heavy (non-hydrogen) atoms. The highest BCUT2D eigenvalue weighted by Crippen LogP contribution is 2.28. The molecule has 0 spiro atoms. The third-order valence-electron chi connectivity index (χ3n) is 3.67. The van der Waals surface area contributed by atoms with Gasteiger partial charge in [0.1, 0.15) is 0 Å². The Hall–Kier alpha value is -2.11. The minimum atomic E-state index is -0.794. The van der Waals surface area contributed by atoms with Crippen molar-refractivity contribution in [2.75, 3.05) is 18.0 Å². The molecule has 1 aliphatic heterocycles. The molecule has 3 N–H and O–H groups in total. The summed E-state index contributed by atoms with van der Waals surface area (Å²) in [5.41, 5.74) is 7.92. The van der Waals surface area contributed by atoms with Crippen LogP contribution in [0.15, 0.2) is 6.07 Å². The van der Waals surface area contributed by atoms with Gasteiger partial charge >= 0.3 is 5.97 Å². The van der Waals surface area contributed by atoms with Gasteiger partial charge in [0.15, 0.2) is 0 Å². The van der Waals surface area contributed by atoms with E-state index in [-0.39, 0.29) is 0 Å². The van der Waals surface area contributed by atoms with Crippen molar-refractivity contribution in [3.05, 3.63) is 23.0 Å². The van der Waals surface area contributed by atoms with Crippen molar-refractivity contribution in [1.29, 1.82) is 0 Å². The van der Waals surface area contributed by atoms with Gasteiger partial charge in [0.25, 0.3) is 5.91 Å². The number of carboxylic acid groups (broad SMARTS) is 1. The van der Waals surface area contributed by atoms with E-state index in [0.29, 0.717) is 29.9 Å². The van der Waals surface area contributed by atoms with Gasteiger partial charge in [-0.05, 0) is 32.8 Å². The number of carbonyl (C=O) groups excluding carboxylic acids is 1. The normalized spacial score (nSPS) is 18.9. The molecule has 0 bridgehead atoms. The number of amides is 1. The number of piperidine rings is 1. The summed E-state index contributed by atoms with van der Waals surface area (Å²) >= 11 is 0. The Morgan fingerprint density at radius 2 is 2.15 bits per heavy atom. The fourth-order valence-electron chi connectivity index (χ4n) is 2.76. The number of nitrogens with two attached hydrogens (primary N) is 1. The molecule has 108 valence electrons. The van der Waals surface area contributed by atoms with E-state index >= 15 is 0 Å². The number of hydrogen-bond donors (Lipinski definition) is 2. The Labute approximate surface area is 117 Å². The lowest BCUT2D eigenvalue weighted by molar-refractivity contribution is -0.141. The fraction of sp³-hybridized carbons (Fsp3) is 0.500. The number of rotatable bonds is 3. The molecule has 2 rings (SSSR count). The number of primary amides is 1. The zero-order valence-corrected chi connectivity index (χ0v) is 11.7. The van der Waals surface area contributed by atoms with E-state index < -0.39 is 17.8 Å². The van der Waals surface area contributed by atoms with Crippen LogP contribution in [-0.4, -0.2) is 35.1 Å². The van der Waals surface area contributed by atoms with E-state index in [2.05, 4.69) is 4.98 Å². The third kappa shape index (κ3) is 2.74. The van der Waals surface area contributed by atoms with Crippen LogP contribution in [0.5, 0.6) is 0 Å². The number of anilines is 1. The summed E-state index contributed by atoms with van der Waals surface area (Å²) in [4.78, 5) is 29.0. The zero-order chi connectivity index (χ0) is 14.9. The second-order valence-corrected chi connectivity index (χ2v) is 5.23. The first kappa shape index (κ1) is 14.3. The average molecular weight is 277 g/mol. The minimum Gasteiger partial charge on any atom is -0.481 e. The number of aromatic nitrogens is 1. The van der Waals surface area contributed by atoms with Crippen molar-refractivity contribution in [1.82, 2.24) is 4.98 Å². The molecule has 1 fully saturated rings. The maximum absolute atomic E-state index is 11.7. The molecule has 1 saturated heterocycles. The number of hydrogen-bond acceptors (Lipinski definition) is 4. The summed E-state index contributed by atoms with van der Waals surface area (Å²) in [7, 11) is 0. The van der Waals surface area contributed by atoms with Crippen molar-refractivity contribution in [2.45, 2.75) is 26.7 Å². The van der Waals surface area contributed by atoms with Crippen LogP contribution in [0.4, 0.5) is 5.69 Å². The van der Waals surface area contributed by atoms with Gasteiger partial charge in [0.05, 0.1) is 22.9 Å². The third-order valence-corrected chi connectivity index (χ3v) is 3.67. The van der Waals surface area contributed by atoms with Gasteiger partial charge in [-0.1, -0.05) is 0 Å². The second kappa shape index (κ2) is 5.48. The predicted octanol–water partition coefficient (Wildman–Crippen LogP) is 1.10. The quantitative estimate of drug-likeness (QED) is 0.862. The summed E-state index contributed by atoms with van der Waals surface area (Å²) in [6, 6.07) is 1.80. The number of aliphatic carboxylic acids is 1. The molecule has 1 aromatic heterocycles. The van der Waals surface area contributed by atoms with Gasteiger partial charge in [-0.25, -0.2) is 0 Å². The maximum atomic E-state index is 11.7. The smallest absolute Gasteiger partial charge is 0.308 e. The fourth-order valence-corrected chi connectivity index (χ4v) is 2.76. The van der Waals surface area contributed by atoms with Gasteiger partial charge in [0, 0.05) is 18.8 Å². The standard InChI is InChI=1S/C14H19N3O3/c1-8-6-11(12(13(15)18)9(2)16-8)17-5-3-4-10(7-17)14(19)20/h6,10H,3-5,7H2,1-2H3,(H2,15,18)(H,19,20). The molecule has 1 unspecified atom stereocenters. The Morgan fingerprint density at radius 3 is 2.75 bits per heavy atom. The Kier molecular flexibility index (Phi) is 3.92. The number of carboxylic acids is 1. The first-order chi connectivity index (χ1) is 9.40. The molecule has 0 aliphatic carbocycles. The lowest BCUT2D eigenvalue weighted by atomic mass is 9.96. The van der Waals surface area contributed by atoms with E-state index in [1.54, 1.807) is 13.0 Å². The van der Waals surface area contributed by atoms with Crippen molar-refractivity contribution < 1.29 is 14.7 Å². The van der Waals surface area contributed by atoms with Crippen molar-refractivity contribution in [3.8, 4) is 0 Å². The van der Waals surface area contributed by atoms with E-state index in [1.165, 1.54) is 0 Å². The van der Waals surface area contributed by atoms with Crippen molar-refractivity contribution in [2.24, 2.45) is 11.7 Å². The largest absolute Gasteiger partial charge is 0.481 e. The van der Waals surface area contributed by atoms with Crippen LogP contribution < -0.4 is 10.6 Å². The first-order valence-corrected chi connectivity index (χ1v) is 6.66. The highest BCUT2D eigenvalue weighted by Gasteiger charge is 2.28. The molecule has 1 atom stereocenters. The molecular weight excluding hydrogens is 258 g/mol. The topological polar surface area (TPSA) is 96.5 Å². The number of pyridine rings is 1. The summed E-state index contributed by atoms with van der Waals surface area (Å²) in [5.74, 6) is -1.72. The van der Waals surface area contributed by atoms with Crippen LogP contribution in [-0.2, 0) is 4.79 Å². The van der Waals surface area contributed by atoms with Gasteiger partial charge in [-0.15, -0.1) is 0 Å². The molecule has 1 amide bonds. The molecule has 1 aliphatic rings. The first-order valence-electron chi connectivity index (χ1n) is 6.66. The zero-order valence-electron chi connectivity index (χ0n) is 11.7. The lowest BCUT2D eigenvalue weighted by Gasteiger charge is -2.33. The van der Waals surface area contributed by atoms with Gasteiger partial charge in [-0.2, -0.15) is 0 Å². The van der Waals surface area contributed by atoms with E-state index in [9.17, 15) is 9.59 Å². The van der Waals surface area contributed by atoms with Crippen LogP contribution in [0.25, 0.3) is 0 Å².